The van der Waals surface area contributed by atoms with E-state index in [2.05, 4.69) is 19.9 Å². The molecule has 0 aliphatic carbocycles. The van der Waals surface area contributed by atoms with Crippen LogP contribution < -0.4 is 4.90 Å². The first kappa shape index (κ1) is 15.0. The summed E-state index contributed by atoms with van der Waals surface area (Å²) >= 11 is 0. The van der Waals surface area contributed by atoms with Crippen LogP contribution in [0, 0.1) is 5.82 Å². The largest absolute Gasteiger partial charge is 0.392 e. The Balaban J connectivity index is 1.58. The summed E-state index contributed by atoms with van der Waals surface area (Å²) < 4.78 is 15.7. The van der Waals surface area contributed by atoms with Crippen molar-refractivity contribution in [3.63, 3.8) is 0 Å². The van der Waals surface area contributed by atoms with Crippen molar-refractivity contribution >= 4 is 17.0 Å². The number of halogens is 1. The van der Waals surface area contributed by atoms with Crippen molar-refractivity contribution in [3.8, 4) is 0 Å². The van der Waals surface area contributed by atoms with Gasteiger partial charge in [-0.1, -0.05) is 18.2 Å². The first-order chi connectivity index (χ1) is 11.6. The van der Waals surface area contributed by atoms with Gasteiger partial charge in [0.25, 0.3) is 0 Å². The maximum absolute atomic E-state index is 13.9. The molecule has 4 rings (SSSR count). The molecule has 0 spiro atoms. The third-order valence-electron chi connectivity index (χ3n) is 4.37. The van der Waals surface area contributed by atoms with E-state index in [0.29, 0.717) is 30.8 Å². The SMILES string of the molecule is C[C@@H](O)Cn1cnc2c(N3CC(c4ccccc4F)C3)ncnc21. The summed E-state index contributed by atoms with van der Waals surface area (Å²) in [5, 5.41) is 9.57. The Labute approximate surface area is 138 Å². The number of aliphatic hydroxyl groups is 1. The quantitative estimate of drug-likeness (QED) is 0.793. The molecular formula is C17H18FN5O. The van der Waals surface area contributed by atoms with Crippen molar-refractivity contribution in [2.45, 2.75) is 25.5 Å². The number of nitrogens with zero attached hydrogens (tertiary/aromatic N) is 5. The van der Waals surface area contributed by atoms with Crippen LogP contribution >= 0.6 is 0 Å². The fraction of sp³-hybridized carbons (Fsp3) is 0.353. The summed E-state index contributed by atoms with van der Waals surface area (Å²) in [5.74, 6) is 0.767. The van der Waals surface area contributed by atoms with Gasteiger partial charge in [0.2, 0.25) is 0 Å². The molecule has 1 fully saturated rings. The monoisotopic (exact) mass is 327 g/mol. The van der Waals surface area contributed by atoms with Gasteiger partial charge in [0.1, 0.15) is 12.1 Å². The smallest absolute Gasteiger partial charge is 0.165 e. The molecule has 7 heteroatoms. The lowest BCUT2D eigenvalue weighted by atomic mass is 9.91. The van der Waals surface area contributed by atoms with Gasteiger partial charge in [-0.3, -0.25) is 0 Å². The van der Waals surface area contributed by atoms with Crippen LogP contribution in [0.2, 0.25) is 0 Å². The highest BCUT2D eigenvalue weighted by Gasteiger charge is 2.32. The Morgan fingerprint density at radius 1 is 1.25 bits per heavy atom. The van der Waals surface area contributed by atoms with Gasteiger partial charge in [-0.05, 0) is 18.6 Å². The number of benzene rings is 1. The normalized spacial score (nSPS) is 16.4. The standard InChI is InChI=1S/C17H18FN5O/c1-11(24)6-23-10-21-15-16(19-9-20-17(15)23)22-7-12(8-22)13-4-2-3-5-14(13)18/h2-5,9-12,24H,6-8H2,1H3/t11-/m1/s1. The molecule has 2 aromatic heterocycles. The van der Waals surface area contributed by atoms with Gasteiger partial charge in [0.05, 0.1) is 19.0 Å². The molecule has 3 aromatic rings. The molecule has 6 nitrogen and oxygen atoms in total. The van der Waals surface area contributed by atoms with E-state index in [4.69, 9.17) is 0 Å². The number of hydrogen-bond acceptors (Lipinski definition) is 5. The molecule has 0 unspecified atom stereocenters. The van der Waals surface area contributed by atoms with Crippen molar-refractivity contribution < 1.29 is 9.50 Å². The van der Waals surface area contributed by atoms with E-state index in [1.165, 1.54) is 12.4 Å². The van der Waals surface area contributed by atoms with Crippen LogP contribution in [-0.4, -0.2) is 43.8 Å². The van der Waals surface area contributed by atoms with Gasteiger partial charge >= 0.3 is 0 Å². The highest BCUT2D eigenvalue weighted by molar-refractivity contribution is 5.83. The molecule has 0 amide bonds. The van der Waals surface area contributed by atoms with Crippen LogP contribution in [0.1, 0.15) is 18.4 Å². The first-order valence-corrected chi connectivity index (χ1v) is 7.96. The zero-order chi connectivity index (χ0) is 16.7. The van der Waals surface area contributed by atoms with Crippen LogP contribution in [0.15, 0.2) is 36.9 Å². The second-order valence-corrected chi connectivity index (χ2v) is 6.24. The molecule has 1 aliphatic heterocycles. The van der Waals surface area contributed by atoms with Gasteiger partial charge < -0.3 is 14.6 Å². The molecule has 0 radical (unpaired) electrons. The number of aromatic nitrogens is 4. The highest BCUT2D eigenvalue weighted by Crippen LogP contribution is 2.34. The average molecular weight is 327 g/mol. The minimum Gasteiger partial charge on any atom is -0.392 e. The Morgan fingerprint density at radius 3 is 2.79 bits per heavy atom. The summed E-state index contributed by atoms with van der Waals surface area (Å²) in [6.07, 6.45) is 2.70. The minimum atomic E-state index is -0.477. The van der Waals surface area contributed by atoms with Gasteiger partial charge in [-0.15, -0.1) is 0 Å². The highest BCUT2D eigenvalue weighted by atomic mass is 19.1. The number of rotatable bonds is 4. The van der Waals surface area contributed by atoms with Crippen molar-refractivity contribution in [1.29, 1.82) is 0 Å². The molecule has 1 aliphatic rings. The van der Waals surface area contributed by atoms with Crippen LogP contribution in [0.5, 0.6) is 0 Å². The third kappa shape index (κ3) is 2.50. The summed E-state index contributed by atoms with van der Waals surface area (Å²) in [4.78, 5) is 15.1. The number of hydrogen-bond donors (Lipinski definition) is 1. The van der Waals surface area contributed by atoms with E-state index in [9.17, 15) is 9.50 Å². The van der Waals surface area contributed by atoms with Gasteiger partial charge in [0, 0.05) is 19.0 Å². The average Bonchev–Trinajstić information content (AvgIpc) is 2.91. The van der Waals surface area contributed by atoms with E-state index in [1.54, 1.807) is 19.3 Å². The topological polar surface area (TPSA) is 67.1 Å². The maximum Gasteiger partial charge on any atom is 0.165 e. The van der Waals surface area contributed by atoms with Crippen LogP contribution in [0.4, 0.5) is 10.2 Å². The van der Waals surface area contributed by atoms with Crippen molar-refractivity contribution in [3.05, 3.63) is 48.3 Å². The number of aliphatic hydroxyl groups excluding tert-OH is 1. The lowest BCUT2D eigenvalue weighted by molar-refractivity contribution is 0.175. The summed E-state index contributed by atoms with van der Waals surface area (Å²) in [5.41, 5.74) is 2.17. The zero-order valence-electron chi connectivity index (χ0n) is 13.3. The molecule has 124 valence electrons. The van der Waals surface area contributed by atoms with Gasteiger partial charge in [-0.2, -0.15) is 0 Å². The second kappa shape index (κ2) is 5.83. The predicted octanol–water partition coefficient (Wildman–Crippen LogP) is 1.95. The first-order valence-electron chi connectivity index (χ1n) is 7.96. The Bertz CT molecular complexity index is 872. The summed E-state index contributed by atoms with van der Waals surface area (Å²) in [6.45, 7) is 3.57. The van der Waals surface area contributed by atoms with Crippen LogP contribution in [0.3, 0.4) is 0 Å². The van der Waals surface area contributed by atoms with Crippen molar-refractivity contribution in [2.24, 2.45) is 0 Å². The lowest BCUT2D eigenvalue weighted by Gasteiger charge is -2.40. The number of fused-ring (bicyclic) bond motifs is 1. The van der Waals surface area contributed by atoms with E-state index in [1.807, 2.05) is 16.7 Å². The van der Waals surface area contributed by atoms with Crippen molar-refractivity contribution in [1.82, 2.24) is 19.5 Å². The van der Waals surface area contributed by atoms with E-state index in [0.717, 1.165) is 11.4 Å². The van der Waals surface area contributed by atoms with Crippen LogP contribution in [-0.2, 0) is 6.54 Å². The molecule has 1 aromatic carbocycles. The van der Waals surface area contributed by atoms with Crippen LogP contribution in [0.25, 0.3) is 11.2 Å². The molecule has 0 saturated carbocycles. The van der Waals surface area contributed by atoms with E-state index >= 15 is 0 Å². The third-order valence-corrected chi connectivity index (χ3v) is 4.37. The number of anilines is 1. The Hall–Kier alpha value is -2.54. The molecular weight excluding hydrogens is 309 g/mol. The number of imidazole rings is 1. The lowest BCUT2D eigenvalue weighted by Crippen LogP contribution is -2.46. The fourth-order valence-electron chi connectivity index (χ4n) is 3.17. The fourth-order valence-corrected chi connectivity index (χ4v) is 3.17. The maximum atomic E-state index is 13.9. The molecule has 1 atom stereocenters. The van der Waals surface area contributed by atoms with Gasteiger partial charge in [0.15, 0.2) is 17.0 Å². The second-order valence-electron chi connectivity index (χ2n) is 6.24. The van der Waals surface area contributed by atoms with Crippen molar-refractivity contribution in [2.75, 3.05) is 18.0 Å². The summed E-state index contributed by atoms with van der Waals surface area (Å²) in [6, 6.07) is 6.91. The Morgan fingerprint density at radius 2 is 2.04 bits per heavy atom. The molecule has 0 bridgehead atoms. The molecule has 24 heavy (non-hydrogen) atoms. The van der Waals surface area contributed by atoms with E-state index in [-0.39, 0.29) is 11.7 Å². The summed E-state index contributed by atoms with van der Waals surface area (Å²) in [7, 11) is 0. The molecule has 1 N–H and O–H groups in total. The predicted molar refractivity (Wildman–Crippen MR) is 88.4 cm³/mol. The van der Waals surface area contributed by atoms with Gasteiger partial charge in [-0.25, -0.2) is 19.3 Å². The molecule has 1 saturated heterocycles. The minimum absolute atomic E-state index is 0.156. The van der Waals surface area contributed by atoms with E-state index < -0.39 is 6.10 Å². The zero-order valence-corrected chi connectivity index (χ0v) is 13.3. The Kier molecular flexibility index (Phi) is 3.65. The molecule has 3 heterocycles.